The van der Waals surface area contributed by atoms with Gasteiger partial charge in [0.2, 0.25) is 0 Å². The maximum Gasteiger partial charge on any atom is 0.265 e. The SMILES string of the molecule is COC1(C(=O)NS(=O)(=O)c2cc(F)c(N[C@H](CCN(C)C)CSc3ccc(F)cc3C)c(C#N)c2)CCCCC1. The summed E-state index contributed by atoms with van der Waals surface area (Å²) in [5.41, 5.74) is -0.803. The number of anilines is 1. The summed E-state index contributed by atoms with van der Waals surface area (Å²) in [4.78, 5) is 15.3. The Kier molecular flexibility index (Phi) is 10.9. The first-order valence-corrected chi connectivity index (χ1v) is 15.5. The predicted octanol–water partition coefficient (Wildman–Crippen LogP) is 4.82. The molecule has 0 spiro atoms. The Bertz CT molecular complexity index is 1360. The molecular weight excluding hydrogens is 558 g/mol. The van der Waals surface area contributed by atoms with Gasteiger partial charge in [-0.15, -0.1) is 11.8 Å². The highest BCUT2D eigenvalue weighted by molar-refractivity contribution is 7.99. The number of aryl methyl sites for hydroxylation is 1. The first kappa shape index (κ1) is 31.8. The lowest BCUT2D eigenvalue weighted by molar-refractivity contribution is -0.145. The Morgan fingerprint density at radius 1 is 1.20 bits per heavy atom. The topological polar surface area (TPSA) is 112 Å². The van der Waals surface area contributed by atoms with Gasteiger partial charge in [-0.2, -0.15) is 5.26 Å². The molecule has 3 rings (SSSR count). The Labute approximate surface area is 239 Å². The van der Waals surface area contributed by atoms with E-state index in [2.05, 4.69) is 5.32 Å². The van der Waals surface area contributed by atoms with Crippen LogP contribution in [0, 0.1) is 29.9 Å². The van der Waals surface area contributed by atoms with Gasteiger partial charge in [0.25, 0.3) is 15.9 Å². The zero-order chi connectivity index (χ0) is 29.5. The number of rotatable bonds is 12. The van der Waals surface area contributed by atoms with E-state index in [1.54, 1.807) is 6.07 Å². The van der Waals surface area contributed by atoms with Crippen LogP contribution >= 0.6 is 11.8 Å². The van der Waals surface area contributed by atoms with Crippen LogP contribution in [-0.4, -0.2) is 64.4 Å². The van der Waals surface area contributed by atoms with Crippen LogP contribution in [0.2, 0.25) is 0 Å². The summed E-state index contributed by atoms with van der Waals surface area (Å²) in [5.74, 6) is -1.57. The highest BCUT2D eigenvalue weighted by Crippen LogP contribution is 2.33. The second kappa shape index (κ2) is 13.8. The molecule has 12 heteroatoms. The van der Waals surface area contributed by atoms with E-state index in [0.717, 1.165) is 41.9 Å². The van der Waals surface area contributed by atoms with Gasteiger partial charge < -0.3 is 15.0 Å². The molecule has 0 radical (unpaired) electrons. The second-order valence-electron chi connectivity index (χ2n) is 10.3. The maximum atomic E-state index is 15.4. The molecule has 1 saturated carbocycles. The normalized spacial score (nSPS) is 15.8. The van der Waals surface area contributed by atoms with E-state index in [1.165, 1.54) is 31.0 Å². The molecule has 0 heterocycles. The monoisotopic (exact) mass is 594 g/mol. The number of methoxy groups -OCH3 is 1. The fraction of sp³-hybridized carbons (Fsp3) is 0.500. The molecular formula is C28H36F2N4O4S2. The number of carbonyl (C=O) groups is 1. The summed E-state index contributed by atoms with van der Waals surface area (Å²) >= 11 is 1.48. The molecule has 1 atom stereocenters. The summed E-state index contributed by atoms with van der Waals surface area (Å²) in [6.45, 7) is 2.48. The van der Waals surface area contributed by atoms with Crippen LogP contribution in [0.15, 0.2) is 40.1 Å². The minimum absolute atomic E-state index is 0.117. The van der Waals surface area contributed by atoms with Crippen LogP contribution in [0.4, 0.5) is 14.5 Å². The molecule has 2 N–H and O–H groups in total. The Morgan fingerprint density at radius 3 is 2.50 bits per heavy atom. The third kappa shape index (κ3) is 7.94. The number of amides is 1. The number of thioether (sulfide) groups is 1. The summed E-state index contributed by atoms with van der Waals surface area (Å²) in [6, 6.07) is 7.96. The molecule has 2 aromatic carbocycles. The molecule has 218 valence electrons. The number of nitriles is 1. The predicted molar refractivity (Wildman–Crippen MR) is 152 cm³/mol. The average molecular weight is 595 g/mol. The van der Waals surface area contributed by atoms with Crippen molar-refractivity contribution < 1.29 is 26.7 Å². The maximum absolute atomic E-state index is 15.4. The van der Waals surface area contributed by atoms with Crippen LogP contribution in [0.3, 0.4) is 0 Å². The zero-order valence-corrected chi connectivity index (χ0v) is 24.9. The number of carbonyl (C=O) groups excluding carboxylic acids is 1. The van der Waals surface area contributed by atoms with Crippen molar-refractivity contribution in [3.8, 4) is 6.07 Å². The van der Waals surface area contributed by atoms with Gasteiger partial charge in [-0.1, -0.05) is 19.3 Å². The van der Waals surface area contributed by atoms with Crippen molar-refractivity contribution in [3.05, 3.63) is 53.1 Å². The molecule has 0 aliphatic heterocycles. The largest absolute Gasteiger partial charge is 0.378 e. The molecule has 1 fully saturated rings. The summed E-state index contributed by atoms with van der Waals surface area (Å²) in [5, 5.41) is 12.9. The number of ether oxygens (including phenoxy) is 1. The summed E-state index contributed by atoms with van der Waals surface area (Å²) < 4.78 is 62.5. The van der Waals surface area contributed by atoms with E-state index in [4.69, 9.17) is 4.74 Å². The summed E-state index contributed by atoms with van der Waals surface area (Å²) in [7, 11) is 0.710. The van der Waals surface area contributed by atoms with Gasteiger partial charge in [0.15, 0.2) is 0 Å². The van der Waals surface area contributed by atoms with Crippen LogP contribution in [0.1, 0.15) is 49.7 Å². The number of benzene rings is 2. The molecule has 0 aromatic heterocycles. The standard InChI is InChI=1S/C28H36F2N4O4S2/c1-19-14-21(29)8-9-25(19)39-18-22(10-13-34(2)3)32-26-20(17-31)15-23(16-24(26)30)40(36,37)33-27(35)28(38-4)11-6-5-7-12-28/h8-9,14-16,22,32H,5-7,10-13,18H2,1-4H3,(H,33,35)/t22-/m1/s1. The first-order valence-electron chi connectivity index (χ1n) is 13.1. The minimum atomic E-state index is -4.47. The minimum Gasteiger partial charge on any atom is -0.378 e. The van der Waals surface area contributed by atoms with E-state index in [0.29, 0.717) is 31.6 Å². The van der Waals surface area contributed by atoms with Crippen molar-refractivity contribution in [2.45, 2.75) is 66.9 Å². The van der Waals surface area contributed by atoms with E-state index >= 15 is 4.39 Å². The lowest BCUT2D eigenvalue weighted by Crippen LogP contribution is -2.51. The lowest BCUT2D eigenvalue weighted by Gasteiger charge is -2.34. The van der Waals surface area contributed by atoms with E-state index < -0.39 is 32.2 Å². The second-order valence-corrected chi connectivity index (χ2v) is 13.0. The average Bonchev–Trinajstić information content (AvgIpc) is 2.91. The number of sulfonamides is 1. The quantitative estimate of drug-likeness (QED) is 0.337. The smallest absolute Gasteiger partial charge is 0.265 e. The van der Waals surface area contributed by atoms with Gasteiger partial charge >= 0.3 is 0 Å². The third-order valence-corrected chi connectivity index (χ3v) is 9.69. The Morgan fingerprint density at radius 2 is 1.90 bits per heavy atom. The summed E-state index contributed by atoms with van der Waals surface area (Å²) in [6.07, 6.45) is 3.74. The molecule has 8 nitrogen and oxygen atoms in total. The molecule has 40 heavy (non-hydrogen) atoms. The van der Waals surface area contributed by atoms with Crippen molar-refractivity contribution in [3.63, 3.8) is 0 Å². The zero-order valence-electron chi connectivity index (χ0n) is 23.2. The lowest BCUT2D eigenvalue weighted by atomic mass is 9.84. The molecule has 1 amide bonds. The van der Waals surface area contributed by atoms with Crippen molar-refractivity contribution in [1.29, 1.82) is 5.26 Å². The van der Waals surface area contributed by atoms with Gasteiger partial charge in [0, 0.05) is 23.8 Å². The van der Waals surface area contributed by atoms with Crippen LogP contribution in [0.5, 0.6) is 0 Å². The number of halogens is 2. The van der Waals surface area contributed by atoms with Gasteiger partial charge in [-0.25, -0.2) is 21.9 Å². The molecule has 1 aliphatic rings. The van der Waals surface area contributed by atoms with Crippen LogP contribution in [0.25, 0.3) is 0 Å². The molecule has 0 unspecified atom stereocenters. The number of nitrogens with one attached hydrogen (secondary N) is 2. The Balaban J connectivity index is 1.84. The van der Waals surface area contributed by atoms with Gasteiger partial charge in [-0.3, -0.25) is 4.79 Å². The van der Waals surface area contributed by atoms with Crippen molar-refractivity contribution in [2.75, 3.05) is 38.8 Å². The molecule has 0 saturated heterocycles. The van der Waals surface area contributed by atoms with E-state index in [-0.39, 0.29) is 23.1 Å². The number of hydrogen-bond donors (Lipinski definition) is 2. The highest BCUT2D eigenvalue weighted by Gasteiger charge is 2.41. The van der Waals surface area contributed by atoms with Gasteiger partial charge in [0.05, 0.1) is 16.1 Å². The van der Waals surface area contributed by atoms with Crippen LogP contribution < -0.4 is 10.0 Å². The van der Waals surface area contributed by atoms with Crippen molar-refractivity contribution >= 4 is 33.4 Å². The number of nitrogens with zero attached hydrogens (tertiary/aromatic N) is 2. The van der Waals surface area contributed by atoms with Crippen molar-refractivity contribution in [2.24, 2.45) is 0 Å². The van der Waals surface area contributed by atoms with E-state index in [1.807, 2.05) is 36.7 Å². The fourth-order valence-corrected chi connectivity index (χ4v) is 6.83. The van der Waals surface area contributed by atoms with Gasteiger partial charge in [-0.05, 0) is 82.7 Å². The molecule has 2 aromatic rings. The Hall–Kier alpha value is -2.72. The molecule has 0 bridgehead atoms. The highest BCUT2D eigenvalue weighted by atomic mass is 32.2. The van der Waals surface area contributed by atoms with Crippen molar-refractivity contribution in [1.82, 2.24) is 9.62 Å². The first-order chi connectivity index (χ1) is 18.9. The van der Waals surface area contributed by atoms with Gasteiger partial charge in [0.1, 0.15) is 23.3 Å². The fourth-order valence-electron chi connectivity index (χ4n) is 4.67. The van der Waals surface area contributed by atoms with Crippen LogP contribution in [-0.2, 0) is 19.6 Å². The molecule has 1 aliphatic carbocycles. The number of hydrogen-bond acceptors (Lipinski definition) is 8. The third-order valence-electron chi connectivity index (χ3n) is 7.04. The van der Waals surface area contributed by atoms with E-state index in [9.17, 15) is 22.9 Å².